The molecule has 6 nitrogen and oxygen atoms in total. The van der Waals surface area contributed by atoms with Gasteiger partial charge in [-0.25, -0.2) is 0 Å². The first-order valence-electron chi connectivity index (χ1n) is 12.6. The standard InChI is InChI=1S/C30H32N2O4/c1-35-22-18-16-20(17-19-22)28-27(29(33)31-25-14-8-9-15-26(25)36-2)23-12-6-7-13-24(23)30(34)32(28)21-10-4-3-5-11-21/h6-9,12-19,21,27-28H,3-5,10-11H2,1-2H3,(H,31,33)/t27-,28-/m0/s1. The summed E-state index contributed by atoms with van der Waals surface area (Å²) in [4.78, 5) is 30.1. The molecule has 1 N–H and O–H groups in total. The van der Waals surface area contributed by atoms with Gasteiger partial charge in [0.25, 0.3) is 5.91 Å². The normalized spacial score (nSPS) is 19.9. The fraction of sp³-hybridized carbons (Fsp3) is 0.333. The molecule has 0 saturated heterocycles. The fourth-order valence-electron chi connectivity index (χ4n) is 5.71. The van der Waals surface area contributed by atoms with Crippen molar-refractivity contribution in [3.05, 3.63) is 89.5 Å². The maximum Gasteiger partial charge on any atom is 0.254 e. The predicted octanol–water partition coefficient (Wildman–Crippen LogP) is 5.96. The molecule has 0 spiro atoms. The van der Waals surface area contributed by atoms with Gasteiger partial charge in [-0.05, 0) is 54.3 Å². The van der Waals surface area contributed by atoms with Gasteiger partial charge >= 0.3 is 0 Å². The molecule has 0 aromatic heterocycles. The van der Waals surface area contributed by atoms with Gasteiger partial charge in [0.05, 0.1) is 31.9 Å². The zero-order valence-electron chi connectivity index (χ0n) is 20.8. The van der Waals surface area contributed by atoms with Crippen LogP contribution >= 0.6 is 0 Å². The van der Waals surface area contributed by atoms with E-state index in [-0.39, 0.29) is 17.9 Å². The molecule has 1 heterocycles. The number of nitrogens with zero attached hydrogens (tertiary/aromatic N) is 1. The maximum atomic E-state index is 14.1. The second kappa shape index (κ2) is 10.4. The van der Waals surface area contributed by atoms with Gasteiger partial charge < -0.3 is 19.7 Å². The lowest BCUT2D eigenvalue weighted by Gasteiger charge is -2.46. The third kappa shape index (κ3) is 4.43. The van der Waals surface area contributed by atoms with Crippen LogP contribution < -0.4 is 14.8 Å². The van der Waals surface area contributed by atoms with E-state index in [4.69, 9.17) is 9.47 Å². The Labute approximate surface area is 212 Å². The molecule has 1 fully saturated rings. The number of nitrogens with one attached hydrogen (secondary N) is 1. The molecule has 0 bridgehead atoms. The molecule has 1 aliphatic heterocycles. The molecule has 2 aliphatic rings. The van der Waals surface area contributed by atoms with E-state index in [2.05, 4.69) is 5.32 Å². The Morgan fingerprint density at radius 3 is 2.28 bits per heavy atom. The summed E-state index contributed by atoms with van der Waals surface area (Å²) in [7, 11) is 3.22. The summed E-state index contributed by atoms with van der Waals surface area (Å²) < 4.78 is 10.9. The van der Waals surface area contributed by atoms with Crippen LogP contribution in [0.2, 0.25) is 0 Å². The summed E-state index contributed by atoms with van der Waals surface area (Å²) in [6.07, 6.45) is 5.25. The SMILES string of the molecule is COc1ccc([C@H]2[C@@H](C(=O)Nc3ccccc3OC)c3ccccc3C(=O)N2C2CCCCC2)cc1. The van der Waals surface area contributed by atoms with Crippen molar-refractivity contribution in [1.82, 2.24) is 4.90 Å². The largest absolute Gasteiger partial charge is 0.497 e. The average molecular weight is 485 g/mol. The van der Waals surface area contributed by atoms with Gasteiger partial charge in [0.15, 0.2) is 0 Å². The van der Waals surface area contributed by atoms with Crippen molar-refractivity contribution in [3.63, 3.8) is 0 Å². The lowest BCUT2D eigenvalue weighted by molar-refractivity contribution is -0.119. The van der Waals surface area contributed by atoms with E-state index in [1.165, 1.54) is 6.42 Å². The van der Waals surface area contributed by atoms with Crippen LogP contribution in [0.5, 0.6) is 11.5 Å². The molecule has 36 heavy (non-hydrogen) atoms. The van der Waals surface area contributed by atoms with Crippen molar-refractivity contribution >= 4 is 17.5 Å². The van der Waals surface area contributed by atoms with Crippen LogP contribution in [-0.4, -0.2) is 37.0 Å². The second-order valence-corrected chi connectivity index (χ2v) is 9.48. The quantitative estimate of drug-likeness (QED) is 0.469. The highest BCUT2D eigenvalue weighted by Crippen LogP contribution is 2.46. The Morgan fingerprint density at radius 1 is 0.861 bits per heavy atom. The summed E-state index contributed by atoms with van der Waals surface area (Å²) in [5.74, 6) is 0.580. The van der Waals surface area contributed by atoms with Crippen molar-refractivity contribution in [1.29, 1.82) is 0 Å². The van der Waals surface area contributed by atoms with Gasteiger partial charge in [-0.2, -0.15) is 0 Å². The molecule has 6 heteroatoms. The van der Waals surface area contributed by atoms with E-state index in [1.807, 2.05) is 77.7 Å². The molecule has 2 atom stereocenters. The number of para-hydroxylation sites is 2. The van der Waals surface area contributed by atoms with Crippen molar-refractivity contribution in [2.24, 2.45) is 0 Å². The first kappa shape index (κ1) is 23.9. The average Bonchev–Trinajstić information content (AvgIpc) is 2.93. The van der Waals surface area contributed by atoms with Gasteiger partial charge in [-0.1, -0.05) is 61.7 Å². The van der Waals surface area contributed by atoms with Gasteiger partial charge in [0, 0.05) is 11.6 Å². The molecule has 5 rings (SSSR count). The third-order valence-corrected chi connectivity index (χ3v) is 7.45. The minimum Gasteiger partial charge on any atom is -0.497 e. The lowest BCUT2D eigenvalue weighted by Crippen LogP contribution is -2.51. The highest BCUT2D eigenvalue weighted by Gasteiger charge is 2.46. The number of hydrogen-bond donors (Lipinski definition) is 1. The minimum absolute atomic E-state index is 0.000315. The van der Waals surface area contributed by atoms with Gasteiger partial charge in [-0.15, -0.1) is 0 Å². The van der Waals surface area contributed by atoms with Crippen LogP contribution in [-0.2, 0) is 4.79 Å². The number of hydrogen-bond acceptors (Lipinski definition) is 4. The molecule has 2 amide bonds. The van der Waals surface area contributed by atoms with Crippen molar-refractivity contribution in [3.8, 4) is 11.5 Å². The summed E-state index contributed by atoms with van der Waals surface area (Å²) in [6.45, 7) is 0. The maximum absolute atomic E-state index is 14.1. The van der Waals surface area contributed by atoms with Crippen molar-refractivity contribution in [2.75, 3.05) is 19.5 Å². The third-order valence-electron chi connectivity index (χ3n) is 7.45. The highest BCUT2D eigenvalue weighted by molar-refractivity contribution is 6.05. The molecule has 3 aromatic rings. The topological polar surface area (TPSA) is 67.9 Å². The summed E-state index contributed by atoms with van der Waals surface area (Å²) in [5.41, 5.74) is 2.89. The summed E-state index contributed by atoms with van der Waals surface area (Å²) in [5, 5.41) is 3.11. The van der Waals surface area contributed by atoms with Gasteiger partial charge in [-0.3, -0.25) is 9.59 Å². The van der Waals surface area contributed by atoms with Crippen molar-refractivity contribution in [2.45, 2.75) is 50.1 Å². The van der Waals surface area contributed by atoms with E-state index in [0.29, 0.717) is 17.0 Å². The Kier molecular flexibility index (Phi) is 6.94. The van der Waals surface area contributed by atoms with Crippen molar-refractivity contribution < 1.29 is 19.1 Å². The molecule has 0 unspecified atom stereocenters. The van der Waals surface area contributed by atoms with Crippen LogP contribution in [0, 0.1) is 0 Å². The fourth-order valence-corrected chi connectivity index (χ4v) is 5.71. The molecule has 1 saturated carbocycles. The van der Waals surface area contributed by atoms with E-state index in [1.54, 1.807) is 14.2 Å². The van der Waals surface area contributed by atoms with E-state index < -0.39 is 12.0 Å². The first-order chi connectivity index (χ1) is 17.6. The zero-order chi connectivity index (χ0) is 25.1. The minimum atomic E-state index is -0.584. The molecule has 3 aromatic carbocycles. The summed E-state index contributed by atoms with van der Waals surface area (Å²) in [6, 6.07) is 22.3. The molecule has 186 valence electrons. The Balaban J connectivity index is 1.64. The zero-order valence-corrected chi connectivity index (χ0v) is 20.8. The van der Waals surface area contributed by atoms with Crippen LogP contribution in [0.4, 0.5) is 5.69 Å². The highest BCUT2D eigenvalue weighted by atomic mass is 16.5. The molecular formula is C30H32N2O4. The second-order valence-electron chi connectivity index (χ2n) is 9.48. The smallest absolute Gasteiger partial charge is 0.254 e. The Morgan fingerprint density at radius 2 is 1.56 bits per heavy atom. The number of fused-ring (bicyclic) bond motifs is 1. The number of anilines is 1. The van der Waals surface area contributed by atoms with Gasteiger partial charge in [0.2, 0.25) is 5.91 Å². The van der Waals surface area contributed by atoms with Crippen LogP contribution in [0.25, 0.3) is 0 Å². The number of carbonyl (C=O) groups excluding carboxylic acids is 2. The number of methoxy groups -OCH3 is 2. The van der Waals surface area contributed by atoms with Crippen LogP contribution in [0.15, 0.2) is 72.8 Å². The Bertz CT molecular complexity index is 1230. The molecular weight excluding hydrogens is 452 g/mol. The number of ether oxygens (including phenoxy) is 2. The number of carbonyl (C=O) groups is 2. The number of amides is 2. The van der Waals surface area contributed by atoms with E-state index in [0.717, 1.165) is 42.6 Å². The Hall–Kier alpha value is -3.80. The number of rotatable bonds is 6. The number of benzene rings is 3. The van der Waals surface area contributed by atoms with Crippen LogP contribution in [0.1, 0.15) is 65.5 Å². The van der Waals surface area contributed by atoms with Crippen LogP contribution in [0.3, 0.4) is 0 Å². The molecule has 1 aliphatic carbocycles. The monoisotopic (exact) mass is 484 g/mol. The lowest BCUT2D eigenvalue weighted by atomic mass is 9.77. The first-order valence-corrected chi connectivity index (χ1v) is 12.6. The predicted molar refractivity (Wildman–Crippen MR) is 140 cm³/mol. The van der Waals surface area contributed by atoms with Gasteiger partial charge in [0.1, 0.15) is 11.5 Å². The van der Waals surface area contributed by atoms with E-state index >= 15 is 0 Å². The summed E-state index contributed by atoms with van der Waals surface area (Å²) >= 11 is 0. The molecule has 0 radical (unpaired) electrons. The van der Waals surface area contributed by atoms with E-state index in [9.17, 15) is 9.59 Å².